The number of carbonyl (C=O) groups is 1. The normalized spacial score (nSPS) is 10.9. The largest absolute Gasteiger partial charge is 0.497 e. The molecule has 0 aliphatic carbocycles. The van der Waals surface area contributed by atoms with Gasteiger partial charge in [-0.25, -0.2) is 8.42 Å². The van der Waals surface area contributed by atoms with Crippen LogP contribution in [0.3, 0.4) is 0 Å². The van der Waals surface area contributed by atoms with E-state index in [1.54, 1.807) is 68.8 Å². The monoisotopic (exact) mass is 470 g/mol. The van der Waals surface area contributed by atoms with Gasteiger partial charge in [0.15, 0.2) is 0 Å². The minimum Gasteiger partial charge on any atom is -0.497 e. The second-order valence-corrected chi connectivity index (χ2v) is 8.77. The van der Waals surface area contributed by atoms with Crippen molar-refractivity contribution in [3.8, 4) is 17.2 Å². The first-order valence-corrected chi connectivity index (χ1v) is 11.6. The van der Waals surface area contributed by atoms with Crippen molar-refractivity contribution in [2.45, 2.75) is 4.90 Å². The number of hydrogen-bond donors (Lipinski definition) is 1. The molecule has 0 saturated carbocycles. The van der Waals surface area contributed by atoms with E-state index in [2.05, 4.69) is 4.72 Å². The SMILES string of the molecule is COc1ccc(OCCN(C)C(=O)c2cccc(S(=O)(=O)Nc3ccccc3OC)c2)cc1. The Morgan fingerprint density at radius 3 is 2.30 bits per heavy atom. The van der Waals surface area contributed by atoms with Crippen LogP contribution in [0.5, 0.6) is 17.2 Å². The van der Waals surface area contributed by atoms with Gasteiger partial charge in [0.05, 0.1) is 31.3 Å². The zero-order valence-corrected chi connectivity index (χ0v) is 19.5. The third-order valence-corrected chi connectivity index (χ3v) is 6.21. The Morgan fingerprint density at radius 2 is 1.61 bits per heavy atom. The minimum atomic E-state index is -3.92. The molecule has 0 spiro atoms. The summed E-state index contributed by atoms with van der Waals surface area (Å²) in [5.41, 5.74) is 0.564. The molecule has 3 aromatic carbocycles. The first kappa shape index (κ1) is 23.9. The molecular weight excluding hydrogens is 444 g/mol. The number of likely N-dealkylation sites (N-methyl/N-ethyl adjacent to an activating group) is 1. The molecule has 0 aliphatic heterocycles. The predicted octanol–water partition coefficient (Wildman–Crippen LogP) is 3.66. The summed E-state index contributed by atoms with van der Waals surface area (Å²) in [7, 11) is 0.758. The molecule has 0 bridgehead atoms. The fourth-order valence-corrected chi connectivity index (χ4v) is 4.14. The maximum atomic E-state index is 12.9. The molecule has 3 rings (SSSR count). The van der Waals surface area contributed by atoms with Crippen LogP contribution in [-0.4, -0.2) is 53.6 Å². The zero-order chi connectivity index (χ0) is 23.8. The summed E-state index contributed by atoms with van der Waals surface area (Å²) in [5, 5.41) is 0. The fraction of sp³-hybridized carbons (Fsp3) is 0.208. The lowest BCUT2D eigenvalue weighted by molar-refractivity contribution is 0.0773. The highest BCUT2D eigenvalue weighted by Gasteiger charge is 2.19. The number of sulfonamides is 1. The molecule has 0 aliphatic rings. The molecule has 0 heterocycles. The van der Waals surface area contributed by atoms with Crippen LogP contribution in [0.25, 0.3) is 0 Å². The number of rotatable bonds is 10. The van der Waals surface area contributed by atoms with Crippen molar-refractivity contribution in [1.82, 2.24) is 4.90 Å². The highest BCUT2D eigenvalue weighted by atomic mass is 32.2. The van der Waals surface area contributed by atoms with Gasteiger partial charge in [0.25, 0.3) is 15.9 Å². The Balaban J connectivity index is 1.65. The van der Waals surface area contributed by atoms with Gasteiger partial charge in [-0.1, -0.05) is 18.2 Å². The van der Waals surface area contributed by atoms with Gasteiger partial charge < -0.3 is 19.1 Å². The van der Waals surface area contributed by atoms with Gasteiger partial charge in [-0.05, 0) is 54.6 Å². The summed E-state index contributed by atoms with van der Waals surface area (Å²) in [4.78, 5) is 14.3. The third kappa shape index (κ3) is 6.17. The van der Waals surface area contributed by atoms with E-state index in [0.29, 0.717) is 23.7 Å². The molecule has 1 amide bonds. The van der Waals surface area contributed by atoms with Crippen LogP contribution in [0.2, 0.25) is 0 Å². The number of benzene rings is 3. The summed E-state index contributed by atoms with van der Waals surface area (Å²) in [6.45, 7) is 0.600. The molecule has 1 N–H and O–H groups in total. The molecular formula is C24H26N2O6S. The van der Waals surface area contributed by atoms with Crippen molar-refractivity contribution < 1.29 is 27.4 Å². The molecule has 0 atom stereocenters. The van der Waals surface area contributed by atoms with Gasteiger partial charge in [0.2, 0.25) is 0 Å². The fourth-order valence-electron chi connectivity index (χ4n) is 3.02. The van der Waals surface area contributed by atoms with Crippen molar-refractivity contribution in [3.63, 3.8) is 0 Å². The molecule has 9 heteroatoms. The molecule has 0 aromatic heterocycles. The van der Waals surface area contributed by atoms with Gasteiger partial charge >= 0.3 is 0 Å². The molecule has 33 heavy (non-hydrogen) atoms. The van der Waals surface area contributed by atoms with Crippen LogP contribution >= 0.6 is 0 Å². The Hall–Kier alpha value is -3.72. The van der Waals surface area contributed by atoms with Crippen LogP contribution < -0.4 is 18.9 Å². The molecule has 174 valence electrons. The molecule has 0 fully saturated rings. The van der Waals surface area contributed by atoms with Crippen molar-refractivity contribution in [2.24, 2.45) is 0 Å². The third-order valence-electron chi connectivity index (χ3n) is 4.84. The number of methoxy groups -OCH3 is 2. The predicted molar refractivity (Wildman–Crippen MR) is 126 cm³/mol. The Kier molecular flexibility index (Phi) is 7.78. The Bertz CT molecular complexity index is 1200. The van der Waals surface area contributed by atoms with Crippen LogP contribution in [0.1, 0.15) is 10.4 Å². The van der Waals surface area contributed by atoms with Crippen molar-refractivity contribution in [1.29, 1.82) is 0 Å². The Morgan fingerprint density at radius 1 is 0.909 bits per heavy atom. The quantitative estimate of drug-likeness (QED) is 0.486. The second-order valence-electron chi connectivity index (χ2n) is 7.08. The van der Waals surface area contributed by atoms with Gasteiger partial charge in [-0.2, -0.15) is 0 Å². The standard InChI is InChI=1S/C24H26N2O6S/c1-26(15-16-32-20-13-11-19(30-2)12-14-20)24(27)18-7-6-8-21(17-18)33(28,29)25-22-9-4-5-10-23(22)31-3/h4-14,17,25H,15-16H2,1-3H3. The molecule has 3 aromatic rings. The van der Waals surface area contributed by atoms with E-state index in [1.807, 2.05) is 0 Å². The zero-order valence-electron chi connectivity index (χ0n) is 18.6. The molecule has 0 saturated heterocycles. The van der Waals surface area contributed by atoms with Gasteiger partial charge in [0, 0.05) is 12.6 Å². The smallest absolute Gasteiger partial charge is 0.262 e. The second kappa shape index (κ2) is 10.7. The van der Waals surface area contributed by atoms with Gasteiger partial charge in [-0.3, -0.25) is 9.52 Å². The average Bonchev–Trinajstić information content (AvgIpc) is 2.84. The first-order valence-electron chi connectivity index (χ1n) is 10.1. The summed E-state index contributed by atoms with van der Waals surface area (Å²) in [6.07, 6.45) is 0. The average molecular weight is 471 g/mol. The molecule has 0 unspecified atom stereocenters. The number of amides is 1. The molecule has 0 radical (unpaired) electrons. The highest BCUT2D eigenvalue weighted by molar-refractivity contribution is 7.92. The van der Waals surface area contributed by atoms with Crippen molar-refractivity contribution in [3.05, 3.63) is 78.4 Å². The maximum absolute atomic E-state index is 12.9. The molecule has 8 nitrogen and oxygen atoms in total. The van der Waals surface area contributed by atoms with Crippen LogP contribution in [0, 0.1) is 0 Å². The number of para-hydroxylation sites is 2. The van der Waals surface area contributed by atoms with Crippen LogP contribution in [-0.2, 0) is 10.0 Å². The number of ether oxygens (including phenoxy) is 3. The highest BCUT2D eigenvalue weighted by Crippen LogP contribution is 2.26. The number of anilines is 1. The lowest BCUT2D eigenvalue weighted by Gasteiger charge is -2.18. The lowest BCUT2D eigenvalue weighted by Crippen LogP contribution is -2.31. The van der Waals surface area contributed by atoms with Crippen molar-refractivity contribution >= 4 is 21.6 Å². The summed E-state index contributed by atoms with van der Waals surface area (Å²) in [5.74, 6) is 1.46. The van der Waals surface area contributed by atoms with E-state index >= 15 is 0 Å². The first-order chi connectivity index (χ1) is 15.8. The maximum Gasteiger partial charge on any atom is 0.262 e. The Labute approximate surface area is 193 Å². The van der Waals surface area contributed by atoms with E-state index in [-0.39, 0.29) is 23.0 Å². The number of carbonyl (C=O) groups excluding carboxylic acids is 1. The lowest BCUT2D eigenvalue weighted by atomic mass is 10.2. The summed E-state index contributed by atoms with van der Waals surface area (Å²) < 4.78 is 44.2. The number of nitrogens with zero attached hydrogens (tertiary/aromatic N) is 1. The minimum absolute atomic E-state index is 0.0258. The van der Waals surface area contributed by atoms with E-state index < -0.39 is 10.0 Å². The number of hydrogen-bond acceptors (Lipinski definition) is 6. The van der Waals surface area contributed by atoms with E-state index in [4.69, 9.17) is 14.2 Å². The van der Waals surface area contributed by atoms with Crippen LogP contribution in [0.15, 0.2) is 77.7 Å². The van der Waals surface area contributed by atoms with E-state index in [1.165, 1.54) is 30.2 Å². The van der Waals surface area contributed by atoms with E-state index in [9.17, 15) is 13.2 Å². The van der Waals surface area contributed by atoms with Gasteiger partial charge in [0.1, 0.15) is 23.9 Å². The van der Waals surface area contributed by atoms with E-state index in [0.717, 1.165) is 5.75 Å². The number of nitrogens with one attached hydrogen (secondary N) is 1. The van der Waals surface area contributed by atoms with Gasteiger partial charge in [-0.15, -0.1) is 0 Å². The topological polar surface area (TPSA) is 94.2 Å². The summed E-state index contributed by atoms with van der Waals surface area (Å²) >= 11 is 0. The van der Waals surface area contributed by atoms with Crippen LogP contribution in [0.4, 0.5) is 5.69 Å². The van der Waals surface area contributed by atoms with Crippen molar-refractivity contribution in [2.75, 3.05) is 39.1 Å². The summed E-state index contributed by atoms with van der Waals surface area (Å²) in [6, 6.07) is 19.7.